The summed E-state index contributed by atoms with van der Waals surface area (Å²) >= 11 is 0. The molecule has 196 valence electrons. The molecule has 0 unspecified atom stereocenters. The summed E-state index contributed by atoms with van der Waals surface area (Å²) < 4.78 is 6.81. The predicted molar refractivity (Wildman–Crippen MR) is 153 cm³/mol. The third-order valence-corrected chi connectivity index (χ3v) is 6.93. The molecule has 2 heteroatoms. The molecule has 0 spiro atoms. The van der Waals surface area contributed by atoms with Crippen molar-refractivity contribution in [2.24, 2.45) is 0 Å². The standard InChI is InChI=1S/C33H52O2/c1-21-16-25(31(8,9)10)28(26(17-21)32(11,12)13)35-20-33(14,15)22-18-23(29(2,3)4)27(34)24(19-22)30(5,6)7/h16-19,34H,20H2,1-15H3. The van der Waals surface area contributed by atoms with E-state index in [2.05, 4.69) is 128 Å². The molecule has 0 aliphatic rings. The summed E-state index contributed by atoms with van der Waals surface area (Å²) in [5.74, 6) is 1.45. The van der Waals surface area contributed by atoms with Gasteiger partial charge in [0.1, 0.15) is 11.5 Å². The molecule has 0 aliphatic carbocycles. The second-order valence-electron chi connectivity index (χ2n) is 15.3. The SMILES string of the molecule is Cc1cc(C(C)(C)C)c(OCC(C)(C)c2cc(C(C)(C)C)c(O)c(C(C)(C)C)c2)c(C(C)(C)C)c1. The average molecular weight is 481 g/mol. The lowest BCUT2D eigenvalue weighted by molar-refractivity contribution is 0.230. The van der Waals surface area contributed by atoms with Crippen molar-refractivity contribution in [2.45, 2.75) is 131 Å². The van der Waals surface area contributed by atoms with Crippen LogP contribution >= 0.6 is 0 Å². The number of benzene rings is 2. The van der Waals surface area contributed by atoms with Crippen LogP contribution < -0.4 is 4.74 Å². The molecule has 35 heavy (non-hydrogen) atoms. The molecule has 2 aromatic carbocycles. The predicted octanol–water partition coefficient (Wildman–Crippen LogP) is 9.25. The first kappa shape index (κ1) is 29.3. The van der Waals surface area contributed by atoms with Crippen LogP contribution in [0.5, 0.6) is 11.5 Å². The van der Waals surface area contributed by atoms with E-state index >= 15 is 0 Å². The smallest absolute Gasteiger partial charge is 0.126 e. The minimum Gasteiger partial charge on any atom is -0.507 e. The van der Waals surface area contributed by atoms with Gasteiger partial charge in [-0.15, -0.1) is 0 Å². The second-order valence-corrected chi connectivity index (χ2v) is 15.3. The molecule has 2 aromatic rings. The van der Waals surface area contributed by atoms with Crippen LogP contribution in [0.1, 0.15) is 130 Å². The van der Waals surface area contributed by atoms with Gasteiger partial charge in [-0.1, -0.05) is 127 Å². The number of hydrogen-bond donors (Lipinski definition) is 1. The van der Waals surface area contributed by atoms with E-state index in [-0.39, 0.29) is 27.1 Å². The Hall–Kier alpha value is -1.96. The number of phenols is 1. The van der Waals surface area contributed by atoms with Crippen molar-refractivity contribution in [3.63, 3.8) is 0 Å². The normalized spacial score (nSPS) is 13.8. The van der Waals surface area contributed by atoms with E-state index in [1.165, 1.54) is 22.3 Å². The highest BCUT2D eigenvalue weighted by molar-refractivity contribution is 5.53. The van der Waals surface area contributed by atoms with Crippen LogP contribution in [0.3, 0.4) is 0 Å². The Morgan fingerprint density at radius 1 is 0.571 bits per heavy atom. The van der Waals surface area contributed by atoms with E-state index in [9.17, 15) is 5.11 Å². The fourth-order valence-corrected chi connectivity index (χ4v) is 4.55. The zero-order chi connectivity index (χ0) is 27.4. The number of hydrogen-bond acceptors (Lipinski definition) is 2. The van der Waals surface area contributed by atoms with Gasteiger partial charge in [0.15, 0.2) is 0 Å². The summed E-state index contributed by atoms with van der Waals surface area (Å²) in [6.07, 6.45) is 0. The van der Waals surface area contributed by atoms with Crippen LogP contribution in [0.4, 0.5) is 0 Å². The van der Waals surface area contributed by atoms with Crippen molar-refractivity contribution in [1.82, 2.24) is 0 Å². The van der Waals surface area contributed by atoms with Gasteiger partial charge in [0.05, 0.1) is 6.61 Å². The minimum absolute atomic E-state index is 0.0250. The van der Waals surface area contributed by atoms with Crippen molar-refractivity contribution >= 4 is 0 Å². The maximum absolute atomic E-state index is 11.2. The summed E-state index contributed by atoms with van der Waals surface area (Å²) in [7, 11) is 0. The fourth-order valence-electron chi connectivity index (χ4n) is 4.55. The Morgan fingerprint density at radius 3 is 1.23 bits per heavy atom. The molecule has 0 atom stereocenters. The first-order valence-electron chi connectivity index (χ1n) is 13.1. The van der Waals surface area contributed by atoms with E-state index in [1.54, 1.807) is 0 Å². The Bertz CT molecular complexity index is 988. The maximum Gasteiger partial charge on any atom is 0.126 e. The lowest BCUT2D eigenvalue weighted by Crippen LogP contribution is -2.30. The van der Waals surface area contributed by atoms with Crippen LogP contribution in [-0.4, -0.2) is 11.7 Å². The van der Waals surface area contributed by atoms with Crippen molar-refractivity contribution in [3.8, 4) is 11.5 Å². The number of aryl methyl sites for hydroxylation is 1. The fraction of sp³-hybridized carbons (Fsp3) is 0.636. The van der Waals surface area contributed by atoms with Crippen LogP contribution in [0.25, 0.3) is 0 Å². The molecule has 2 nitrogen and oxygen atoms in total. The molecular weight excluding hydrogens is 428 g/mol. The van der Waals surface area contributed by atoms with Crippen LogP contribution in [-0.2, 0) is 27.1 Å². The molecule has 0 heterocycles. The highest BCUT2D eigenvalue weighted by Gasteiger charge is 2.33. The molecule has 2 rings (SSSR count). The zero-order valence-electron chi connectivity index (χ0n) is 25.4. The summed E-state index contributed by atoms with van der Waals surface area (Å²) in [5, 5.41) is 11.2. The Kier molecular flexibility index (Phi) is 7.66. The first-order valence-corrected chi connectivity index (χ1v) is 13.1. The molecule has 0 radical (unpaired) electrons. The van der Waals surface area contributed by atoms with Gasteiger partial charge in [-0.25, -0.2) is 0 Å². The van der Waals surface area contributed by atoms with Crippen molar-refractivity contribution in [3.05, 3.63) is 57.6 Å². The van der Waals surface area contributed by atoms with E-state index in [0.717, 1.165) is 16.9 Å². The number of aromatic hydroxyl groups is 1. The Labute approximate surface area is 216 Å². The van der Waals surface area contributed by atoms with Gasteiger partial charge < -0.3 is 9.84 Å². The van der Waals surface area contributed by atoms with Gasteiger partial charge >= 0.3 is 0 Å². The lowest BCUT2D eigenvalue weighted by atomic mass is 9.74. The van der Waals surface area contributed by atoms with Crippen molar-refractivity contribution in [1.29, 1.82) is 0 Å². The van der Waals surface area contributed by atoms with E-state index < -0.39 is 0 Å². The third kappa shape index (κ3) is 6.63. The van der Waals surface area contributed by atoms with Crippen molar-refractivity contribution in [2.75, 3.05) is 6.61 Å². The van der Waals surface area contributed by atoms with Crippen LogP contribution in [0, 0.1) is 6.92 Å². The molecule has 0 amide bonds. The number of rotatable bonds is 4. The number of ether oxygens (including phenoxy) is 1. The van der Waals surface area contributed by atoms with Crippen molar-refractivity contribution < 1.29 is 9.84 Å². The van der Waals surface area contributed by atoms with Gasteiger partial charge in [0, 0.05) is 16.5 Å². The maximum atomic E-state index is 11.2. The zero-order valence-corrected chi connectivity index (χ0v) is 25.4. The van der Waals surface area contributed by atoms with Crippen LogP contribution in [0.15, 0.2) is 24.3 Å². The highest BCUT2D eigenvalue weighted by atomic mass is 16.5. The first-order chi connectivity index (χ1) is 15.5. The van der Waals surface area contributed by atoms with Crippen LogP contribution in [0.2, 0.25) is 0 Å². The summed E-state index contributed by atoms with van der Waals surface area (Å²) in [6.45, 7) is 33.8. The topological polar surface area (TPSA) is 29.5 Å². The molecule has 0 fully saturated rings. The largest absolute Gasteiger partial charge is 0.507 e. The molecule has 1 N–H and O–H groups in total. The lowest BCUT2D eigenvalue weighted by Gasteiger charge is -2.35. The molecule has 0 saturated carbocycles. The Morgan fingerprint density at radius 2 is 0.914 bits per heavy atom. The molecule has 0 aromatic heterocycles. The van der Waals surface area contributed by atoms with Gasteiger partial charge in [-0.3, -0.25) is 0 Å². The highest BCUT2D eigenvalue weighted by Crippen LogP contribution is 2.44. The summed E-state index contributed by atoms with van der Waals surface area (Å²) in [4.78, 5) is 0. The molecular formula is C33H52O2. The van der Waals surface area contributed by atoms with Gasteiger partial charge in [0.25, 0.3) is 0 Å². The van der Waals surface area contributed by atoms with Gasteiger partial charge in [-0.2, -0.15) is 0 Å². The van der Waals surface area contributed by atoms with Gasteiger partial charge in [0.2, 0.25) is 0 Å². The summed E-state index contributed by atoms with van der Waals surface area (Å²) in [6, 6.07) is 8.96. The molecule has 0 saturated heterocycles. The molecule has 0 aliphatic heterocycles. The molecule has 0 bridgehead atoms. The quantitative estimate of drug-likeness (QED) is 0.472. The van der Waals surface area contributed by atoms with E-state index in [1.807, 2.05) is 0 Å². The summed E-state index contributed by atoms with van der Waals surface area (Å²) in [5.41, 5.74) is 6.36. The monoisotopic (exact) mass is 480 g/mol. The van der Waals surface area contributed by atoms with E-state index in [4.69, 9.17) is 4.74 Å². The minimum atomic E-state index is -0.247. The Balaban J connectivity index is 2.65. The third-order valence-electron chi connectivity index (χ3n) is 6.93. The second kappa shape index (κ2) is 9.16. The van der Waals surface area contributed by atoms with Gasteiger partial charge in [-0.05, 0) is 45.3 Å². The number of phenolic OH excluding ortho intramolecular Hbond substituents is 1. The van der Waals surface area contributed by atoms with E-state index in [0.29, 0.717) is 12.4 Å². The average Bonchev–Trinajstić information content (AvgIpc) is 2.63.